The van der Waals surface area contributed by atoms with Gasteiger partial charge in [-0.1, -0.05) is 51.2 Å². The van der Waals surface area contributed by atoms with Crippen LogP contribution in [0.15, 0.2) is 24.3 Å². The second kappa shape index (κ2) is 4.13. The molecule has 0 aliphatic heterocycles. The van der Waals surface area contributed by atoms with Crippen molar-refractivity contribution < 1.29 is 4.79 Å². The van der Waals surface area contributed by atoms with E-state index in [9.17, 15) is 4.79 Å². The molecule has 1 aliphatic carbocycles. The third kappa shape index (κ3) is 2.58. The Labute approximate surface area is 87.2 Å². The van der Waals surface area contributed by atoms with Crippen LogP contribution >= 0.6 is 0 Å². The van der Waals surface area contributed by atoms with Gasteiger partial charge in [0.2, 0.25) is 5.91 Å². The maximum absolute atomic E-state index is 11.6. The van der Waals surface area contributed by atoms with Gasteiger partial charge in [0, 0.05) is 11.5 Å². The van der Waals surface area contributed by atoms with Crippen molar-refractivity contribution >= 4 is 14.1 Å². The van der Waals surface area contributed by atoms with Crippen LogP contribution in [0.4, 0.5) is 0 Å². The molecule has 2 nitrogen and oxygen atoms in total. The summed E-state index contributed by atoms with van der Waals surface area (Å²) >= 11 is 0. The minimum absolute atomic E-state index is 0.0798. The standard InChI is InChI=1S/C11H19NOSi/c1-9(2)11(13)12-14(3,4)10-7-5-6-8-10/h5-10H,1-4H3,(H,12,13). The van der Waals surface area contributed by atoms with Gasteiger partial charge in [-0.3, -0.25) is 4.79 Å². The highest BCUT2D eigenvalue weighted by atomic mass is 28.3. The Hall–Kier alpha value is -0.833. The molecule has 0 heterocycles. The molecule has 0 radical (unpaired) electrons. The van der Waals surface area contributed by atoms with E-state index in [4.69, 9.17) is 0 Å². The van der Waals surface area contributed by atoms with E-state index < -0.39 is 8.24 Å². The van der Waals surface area contributed by atoms with Crippen LogP contribution < -0.4 is 4.98 Å². The Kier molecular flexibility index (Phi) is 3.32. The predicted octanol–water partition coefficient (Wildman–Crippen LogP) is 2.46. The minimum Gasteiger partial charge on any atom is -0.381 e. The van der Waals surface area contributed by atoms with E-state index in [0.29, 0.717) is 5.54 Å². The number of allylic oxidation sites excluding steroid dienone is 4. The molecular weight excluding hydrogens is 190 g/mol. The Morgan fingerprint density at radius 3 is 2.21 bits per heavy atom. The maximum atomic E-state index is 11.6. The first-order valence-electron chi connectivity index (χ1n) is 5.10. The fourth-order valence-electron chi connectivity index (χ4n) is 1.46. The van der Waals surface area contributed by atoms with Crippen LogP contribution in [0.5, 0.6) is 0 Å². The van der Waals surface area contributed by atoms with Crippen molar-refractivity contribution in [1.82, 2.24) is 4.98 Å². The Balaban J connectivity index is 2.61. The quantitative estimate of drug-likeness (QED) is 0.711. The number of hydrogen-bond acceptors (Lipinski definition) is 1. The molecule has 0 aromatic rings. The van der Waals surface area contributed by atoms with Crippen molar-refractivity contribution in [1.29, 1.82) is 0 Å². The van der Waals surface area contributed by atoms with Gasteiger partial charge in [0.15, 0.2) is 8.24 Å². The van der Waals surface area contributed by atoms with Gasteiger partial charge < -0.3 is 4.98 Å². The molecule has 0 saturated carbocycles. The first-order chi connectivity index (χ1) is 6.43. The van der Waals surface area contributed by atoms with E-state index in [1.165, 1.54) is 0 Å². The second-order valence-electron chi connectivity index (χ2n) is 4.66. The van der Waals surface area contributed by atoms with Gasteiger partial charge in [0.05, 0.1) is 0 Å². The third-order valence-corrected chi connectivity index (χ3v) is 5.49. The summed E-state index contributed by atoms with van der Waals surface area (Å²) in [4.78, 5) is 14.8. The van der Waals surface area contributed by atoms with Gasteiger partial charge in [-0.2, -0.15) is 0 Å². The molecule has 0 atom stereocenters. The molecule has 0 saturated heterocycles. The zero-order chi connectivity index (χ0) is 10.8. The van der Waals surface area contributed by atoms with Crippen molar-refractivity contribution in [3.05, 3.63) is 24.3 Å². The van der Waals surface area contributed by atoms with E-state index in [0.717, 1.165) is 0 Å². The summed E-state index contributed by atoms with van der Waals surface area (Å²) in [6.07, 6.45) is 8.46. The highest BCUT2D eigenvalue weighted by Gasteiger charge is 2.32. The molecule has 0 unspecified atom stereocenters. The van der Waals surface area contributed by atoms with Crippen molar-refractivity contribution in [2.24, 2.45) is 5.92 Å². The van der Waals surface area contributed by atoms with Crippen LogP contribution in [0.25, 0.3) is 0 Å². The van der Waals surface area contributed by atoms with Crippen LogP contribution in [-0.2, 0) is 4.79 Å². The Bertz CT molecular complexity index is 267. The molecule has 3 heteroatoms. The molecule has 0 fully saturated rings. The van der Waals surface area contributed by atoms with Gasteiger partial charge in [-0.05, 0) is 0 Å². The normalized spacial score (nSPS) is 16.6. The summed E-state index contributed by atoms with van der Waals surface area (Å²) in [5.41, 5.74) is 0.449. The number of amides is 1. The summed E-state index contributed by atoms with van der Waals surface area (Å²) in [5.74, 6) is 0.256. The maximum Gasteiger partial charge on any atom is 0.214 e. The van der Waals surface area contributed by atoms with Crippen molar-refractivity contribution in [2.75, 3.05) is 0 Å². The van der Waals surface area contributed by atoms with Gasteiger partial charge in [-0.25, -0.2) is 0 Å². The van der Waals surface area contributed by atoms with E-state index in [2.05, 4.69) is 42.4 Å². The van der Waals surface area contributed by atoms with Crippen molar-refractivity contribution in [2.45, 2.75) is 32.5 Å². The Morgan fingerprint density at radius 1 is 1.29 bits per heavy atom. The topological polar surface area (TPSA) is 29.1 Å². The molecule has 78 valence electrons. The molecule has 14 heavy (non-hydrogen) atoms. The molecule has 1 rings (SSSR count). The zero-order valence-corrected chi connectivity index (χ0v) is 10.4. The number of carbonyl (C=O) groups excluding carboxylic acids is 1. The van der Waals surface area contributed by atoms with E-state index in [-0.39, 0.29) is 11.8 Å². The average Bonchev–Trinajstić information content (AvgIpc) is 2.54. The first-order valence-corrected chi connectivity index (χ1v) is 8.18. The van der Waals surface area contributed by atoms with Gasteiger partial charge in [0.1, 0.15) is 0 Å². The van der Waals surface area contributed by atoms with E-state index >= 15 is 0 Å². The van der Waals surface area contributed by atoms with E-state index in [1.807, 2.05) is 13.8 Å². The van der Waals surface area contributed by atoms with Crippen LogP contribution in [0, 0.1) is 5.92 Å². The van der Waals surface area contributed by atoms with Crippen molar-refractivity contribution in [3.63, 3.8) is 0 Å². The summed E-state index contributed by atoms with van der Waals surface area (Å²) < 4.78 is 0. The second-order valence-corrected chi connectivity index (χ2v) is 9.02. The lowest BCUT2D eigenvalue weighted by Gasteiger charge is -2.28. The average molecular weight is 209 g/mol. The largest absolute Gasteiger partial charge is 0.381 e. The lowest BCUT2D eigenvalue weighted by Crippen LogP contribution is -2.52. The van der Waals surface area contributed by atoms with Crippen LogP contribution in [0.2, 0.25) is 18.6 Å². The zero-order valence-electron chi connectivity index (χ0n) is 9.37. The smallest absolute Gasteiger partial charge is 0.214 e. The summed E-state index contributed by atoms with van der Waals surface area (Å²) in [6.45, 7) is 8.25. The molecule has 0 bridgehead atoms. The summed E-state index contributed by atoms with van der Waals surface area (Å²) in [5, 5.41) is 0. The third-order valence-electron chi connectivity index (χ3n) is 2.55. The van der Waals surface area contributed by atoms with Crippen LogP contribution in [0.1, 0.15) is 13.8 Å². The van der Waals surface area contributed by atoms with Crippen LogP contribution in [0.3, 0.4) is 0 Å². The molecule has 0 aromatic heterocycles. The fourth-order valence-corrected chi connectivity index (χ4v) is 3.73. The molecular formula is C11H19NOSi. The summed E-state index contributed by atoms with van der Waals surface area (Å²) in [7, 11) is -1.67. The van der Waals surface area contributed by atoms with Gasteiger partial charge in [-0.15, -0.1) is 0 Å². The molecule has 1 amide bonds. The first kappa shape index (κ1) is 11.2. The summed E-state index contributed by atoms with van der Waals surface area (Å²) in [6, 6.07) is 0. The molecule has 0 spiro atoms. The van der Waals surface area contributed by atoms with Crippen LogP contribution in [-0.4, -0.2) is 14.1 Å². The lowest BCUT2D eigenvalue weighted by atomic mass is 10.2. The van der Waals surface area contributed by atoms with Gasteiger partial charge >= 0.3 is 0 Å². The lowest BCUT2D eigenvalue weighted by molar-refractivity contribution is -0.122. The highest BCUT2D eigenvalue weighted by Crippen LogP contribution is 2.26. The number of hydrogen-bond donors (Lipinski definition) is 1. The van der Waals surface area contributed by atoms with E-state index in [1.54, 1.807) is 0 Å². The highest BCUT2D eigenvalue weighted by molar-refractivity contribution is 6.79. The predicted molar refractivity (Wildman–Crippen MR) is 62.5 cm³/mol. The monoisotopic (exact) mass is 209 g/mol. The Morgan fingerprint density at radius 2 is 1.79 bits per heavy atom. The SMILES string of the molecule is CC(C)C(=O)N[Si](C)(C)C1C=CC=C1. The van der Waals surface area contributed by atoms with Crippen molar-refractivity contribution in [3.8, 4) is 0 Å². The minimum atomic E-state index is -1.67. The molecule has 1 N–H and O–H groups in total. The molecule has 1 aliphatic rings. The van der Waals surface area contributed by atoms with Gasteiger partial charge in [0.25, 0.3) is 0 Å². The fraction of sp³-hybridized carbons (Fsp3) is 0.545. The number of rotatable bonds is 3. The number of carbonyl (C=O) groups is 1. The number of nitrogens with one attached hydrogen (secondary N) is 1. The molecule has 0 aromatic carbocycles.